The number of anilines is 2. The number of ether oxygens (including phenoxy) is 4. The number of nitriles is 1. The van der Waals surface area contributed by atoms with Crippen LogP contribution in [0.25, 0.3) is 0 Å². The summed E-state index contributed by atoms with van der Waals surface area (Å²) in [5.41, 5.74) is -0.142. The Bertz CT molecular complexity index is 1900. The smallest absolute Gasteiger partial charge is 0.274 e. The van der Waals surface area contributed by atoms with Crippen LogP contribution in [0.1, 0.15) is 23.6 Å². The molecule has 3 aromatic carbocycles. The lowest BCUT2D eigenvalue weighted by atomic mass is 9.82. The van der Waals surface area contributed by atoms with Crippen molar-refractivity contribution in [2.24, 2.45) is 0 Å². The molecule has 1 aromatic heterocycles. The molecular weight excluding hydrogens is 610 g/mol. The Morgan fingerprint density at radius 3 is 2.26 bits per heavy atom. The number of hydrogen-bond donors (Lipinski definition) is 2. The van der Waals surface area contributed by atoms with Crippen LogP contribution < -0.4 is 33.9 Å². The Balaban J connectivity index is 1.74. The zero-order chi connectivity index (χ0) is 32.9. The lowest BCUT2D eigenvalue weighted by Crippen LogP contribution is -2.54. The summed E-state index contributed by atoms with van der Waals surface area (Å²) in [6.07, 6.45) is 3.30. The molecular formula is C33H33N5O7S. The number of rotatable bonds is 13. The Kier molecular flexibility index (Phi) is 9.31. The number of carbonyl (C=O) groups is 1. The van der Waals surface area contributed by atoms with Crippen LogP contribution in [0, 0.1) is 11.3 Å². The number of fused-ring (bicyclic) bond motifs is 1. The second kappa shape index (κ2) is 13.4. The van der Waals surface area contributed by atoms with E-state index in [-0.39, 0.29) is 40.6 Å². The van der Waals surface area contributed by atoms with Crippen molar-refractivity contribution in [2.75, 3.05) is 50.6 Å². The number of amides is 1. The Morgan fingerprint density at radius 2 is 1.59 bits per heavy atom. The molecule has 0 fully saturated rings. The van der Waals surface area contributed by atoms with E-state index in [0.717, 1.165) is 9.99 Å². The van der Waals surface area contributed by atoms with Crippen LogP contribution in [-0.4, -0.2) is 60.3 Å². The Hall–Kier alpha value is -5.32. The van der Waals surface area contributed by atoms with E-state index in [1.165, 1.54) is 57.7 Å². The van der Waals surface area contributed by atoms with E-state index in [1.54, 1.807) is 49.6 Å². The molecule has 0 bridgehead atoms. The number of hydrogen-bond acceptors (Lipinski definition) is 11. The maximum absolute atomic E-state index is 15.1. The van der Waals surface area contributed by atoms with Crippen LogP contribution in [0.3, 0.4) is 0 Å². The van der Waals surface area contributed by atoms with Gasteiger partial charge in [-0.1, -0.05) is 0 Å². The fourth-order valence-electron chi connectivity index (χ4n) is 5.45. The number of nitrogens with one attached hydrogen (secondary N) is 2. The summed E-state index contributed by atoms with van der Waals surface area (Å²) in [6.45, 7) is 2.60. The molecule has 238 valence electrons. The molecule has 0 spiro atoms. The van der Waals surface area contributed by atoms with Gasteiger partial charge in [0.25, 0.3) is 15.9 Å². The highest BCUT2D eigenvalue weighted by Gasteiger charge is 2.57. The highest BCUT2D eigenvalue weighted by molar-refractivity contribution is 7.93. The lowest BCUT2D eigenvalue weighted by molar-refractivity contribution is -0.121. The molecule has 1 amide bonds. The van der Waals surface area contributed by atoms with Crippen molar-refractivity contribution in [3.8, 4) is 29.1 Å². The topological polar surface area (TPSA) is 152 Å². The number of carbonyl (C=O) groups excluding carboxylic acids is 1. The predicted octanol–water partition coefficient (Wildman–Crippen LogP) is 4.06. The van der Waals surface area contributed by atoms with Gasteiger partial charge < -0.3 is 24.3 Å². The normalized spacial score (nSPS) is 15.5. The summed E-state index contributed by atoms with van der Waals surface area (Å²) in [4.78, 5) is 18.8. The quantitative estimate of drug-likeness (QED) is 0.203. The molecule has 4 aromatic rings. The molecule has 12 nitrogen and oxygen atoms in total. The van der Waals surface area contributed by atoms with Gasteiger partial charge in [-0.3, -0.25) is 15.1 Å². The molecule has 0 saturated carbocycles. The summed E-state index contributed by atoms with van der Waals surface area (Å²) in [5.74, 6) is 0.289. The van der Waals surface area contributed by atoms with Crippen LogP contribution >= 0.6 is 0 Å². The summed E-state index contributed by atoms with van der Waals surface area (Å²) in [5, 5.41) is 16.5. The molecule has 5 rings (SSSR count). The minimum absolute atomic E-state index is 0.00857. The van der Waals surface area contributed by atoms with Crippen molar-refractivity contribution in [1.82, 2.24) is 10.3 Å². The molecule has 1 aliphatic rings. The summed E-state index contributed by atoms with van der Waals surface area (Å²) in [7, 11) is -0.327. The first-order valence-electron chi connectivity index (χ1n) is 14.3. The first-order chi connectivity index (χ1) is 22.2. The van der Waals surface area contributed by atoms with Gasteiger partial charge in [0.2, 0.25) is 0 Å². The van der Waals surface area contributed by atoms with Gasteiger partial charge in [-0.15, -0.1) is 0 Å². The average molecular weight is 644 g/mol. The third kappa shape index (κ3) is 5.64. The second-order valence-corrected chi connectivity index (χ2v) is 11.8. The largest absolute Gasteiger partial charge is 0.497 e. The van der Waals surface area contributed by atoms with Crippen molar-refractivity contribution in [1.29, 1.82) is 5.26 Å². The molecule has 2 heterocycles. The van der Waals surface area contributed by atoms with E-state index < -0.39 is 21.5 Å². The van der Waals surface area contributed by atoms with Crippen LogP contribution in [-0.2, 0) is 20.4 Å². The van der Waals surface area contributed by atoms with E-state index >= 15 is 4.79 Å². The lowest BCUT2D eigenvalue weighted by Gasteiger charge is -2.32. The number of pyridine rings is 1. The fraction of sp³-hybridized carbons (Fsp3) is 0.242. The number of aromatic nitrogens is 1. The summed E-state index contributed by atoms with van der Waals surface area (Å²) >= 11 is 0. The standard InChI is InChI=1S/C33H33N5O7S/c1-5-45-29-10-7-24(42-2)19-27(29)33(37-17-16-36-23-12-14-35-15-13-23)26-18-22(21-34)6-9-28(26)38(32(33)39)46(40,41)31-11-8-25(43-3)20-30(31)44-4/h6-15,18-20,37H,5,16-17H2,1-4H3,(H,35,36). The average Bonchev–Trinajstić information content (AvgIpc) is 3.34. The molecule has 0 aliphatic carbocycles. The van der Waals surface area contributed by atoms with Crippen molar-refractivity contribution in [2.45, 2.75) is 17.4 Å². The highest BCUT2D eigenvalue weighted by Crippen LogP contribution is 2.50. The molecule has 1 atom stereocenters. The Labute approximate surface area is 267 Å². The molecule has 0 saturated heterocycles. The fourth-order valence-corrected chi connectivity index (χ4v) is 7.05. The number of sulfonamides is 1. The predicted molar refractivity (Wildman–Crippen MR) is 171 cm³/mol. The van der Waals surface area contributed by atoms with Crippen molar-refractivity contribution < 1.29 is 32.2 Å². The van der Waals surface area contributed by atoms with Gasteiger partial charge in [-0.25, -0.2) is 12.7 Å². The minimum atomic E-state index is -4.60. The maximum Gasteiger partial charge on any atom is 0.274 e. The van der Waals surface area contributed by atoms with Crippen molar-refractivity contribution in [3.63, 3.8) is 0 Å². The van der Waals surface area contributed by atoms with Gasteiger partial charge in [0.15, 0.2) is 5.54 Å². The van der Waals surface area contributed by atoms with Crippen LogP contribution in [0.5, 0.6) is 23.0 Å². The van der Waals surface area contributed by atoms with E-state index in [9.17, 15) is 13.7 Å². The first-order valence-corrected chi connectivity index (χ1v) is 15.8. The Morgan fingerprint density at radius 1 is 0.870 bits per heavy atom. The van der Waals surface area contributed by atoms with Crippen molar-refractivity contribution in [3.05, 3.63) is 95.8 Å². The van der Waals surface area contributed by atoms with E-state index in [1.807, 2.05) is 0 Å². The van der Waals surface area contributed by atoms with Gasteiger partial charge in [-0.05, 0) is 67.6 Å². The summed E-state index contributed by atoms with van der Waals surface area (Å²) in [6, 6.07) is 19.4. The number of nitrogens with zero attached hydrogens (tertiary/aromatic N) is 3. The molecule has 0 radical (unpaired) electrons. The van der Waals surface area contributed by atoms with Gasteiger partial charge in [-0.2, -0.15) is 5.26 Å². The van der Waals surface area contributed by atoms with E-state index in [2.05, 4.69) is 21.7 Å². The van der Waals surface area contributed by atoms with Crippen LogP contribution in [0.4, 0.5) is 11.4 Å². The van der Waals surface area contributed by atoms with Gasteiger partial charge >= 0.3 is 0 Å². The molecule has 1 aliphatic heterocycles. The van der Waals surface area contributed by atoms with Gasteiger partial charge in [0, 0.05) is 48.4 Å². The number of benzene rings is 3. The third-order valence-corrected chi connectivity index (χ3v) is 9.29. The molecule has 2 N–H and O–H groups in total. The molecule has 46 heavy (non-hydrogen) atoms. The van der Waals surface area contributed by atoms with E-state index in [4.69, 9.17) is 18.9 Å². The molecule has 1 unspecified atom stereocenters. The SMILES string of the molecule is CCOc1ccc(OC)cc1C1(NCCNc2ccncc2)C(=O)N(S(=O)(=O)c2ccc(OC)cc2OC)c2ccc(C#N)cc21. The third-order valence-electron chi connectivity index (χ3n) is 7.56. The maximum atomic E-state index is 15.1. The summed E-state index contributed by atoms with van der Waals surface area (Å²) < 4.78 is 52.0. The second-order valence-electron chi connectivity index (χ2n) is 10.1. The van der Waals surface area contributed by atoms with Crippen LogP contribution in [0.15, 0.2) is 84.0 Å². The first kappa shape index (κ1) is 32.1. The molecule has 13 heteroatoms. The minimum Gasteiger partial charge on any atom is -0.497 e. The van der Waals surface area contributed by atoms with Crippen molar-refractivity contribution >= 4 is 27.3 Å². The zero-order valence-electron chi connectivity index (χ0n) is 25.7. The van der Waals surface area contributed by atoms with Gasteiger partial charge in [0.05, 0.1) is 45.3 Å². The van der Waals surface area contributed by atoms with E-state index in [0.29, 0.717) is 29.4 Å². The van der Waals surface area contributed by atoms with Crippen LogP contribution in [0.2, 0.25) is 0 Å². The monoisotopic (exact) mass is 643 g/mol. The highest BCUT2D eigenvalue weighted by atomic mass is 32.2. The number of methoxy groups -OCH3 is 3. The zero-order valence-corrected chi connectivity index (χ0v) is 26.6. The van der Waals surface area contributed by atoms with Gasteiger partial charge in [0.1, 0.15) is 27.9 Å².